The molecule has 1 heterocycles. The number of aromatic nitrogens is 2. The summed E-state index contributed by atoms with van der Waals surface area (Å²) in [5.41, 5.74) is 2.77. The van der Waals surface area contributed by atoms with E-state index >= 15 is 0 Å². The molecule has 0 atom stereocenters. The zero-order valence-electron chi connectivity index (χ0n) is 12.4. The average Bonchev–Trinajstić information content (AvgIpc) is 2.52. The second-order valence-corrected chi connectivity index (χ2v) is 4.88. The molecular formula is C16H20N4O. The Morgan fingerprint density at radius 3 is 2.67 bits per heavy atom. The molecule has 0 aliphatic rings. The van der Waals surface area contributed by atoms with E-state index in [-0.39, 0.29) is 5.91 Å². The summed E-state index contributed by atoms with van der Waals surface area (Å²) in [7, 11) is 0. The van der Waals surface area contributed by atoms with Crippen molar-refractivity contribution in [3.05, 3.63) is 53.5 Å². The zero-order chi connectivity index (χ0) is 15.1. The summed E-state index contributed by atoms with van der Waals surface area (Å²) in [6.45, 7) is 5.37. The molecule has 21 heavy (non-hydrogen) atoms. The molecule has 5 heteroatoms. The summed E-state index contributed by atoms with van der Waals surface area (Å²) in [6.07, 6.45) is 2.30. The van der Waals surface area contributed by atoms with Crippen LogP contribution in [0.3, 0.4) is 0 Å². The van der Waals surface area contributed by atoms with Gasteiger partial charge < -0.3 is 10.6 Å². The minimum absolute atomic E-state index is 0.169. The van der Waals surface area contributed by atoms with E-state index in [9.17, 15) is 4.79 Å². The van der Waals surface area contributed by atoms with Crippen LogP contribution in [-0.4, -0.2) is 22.4 Å². The molecule has 110 valence electrons. The van der Waals surface area contributed by atoms with Gasteiger partial charge in [-0.2, -0.15) is 0 Å². The molecule has 0 radical (unpaired) electrons. The maximum absolute atomic E-state index is 11.8. The van der Waals surface area contributed by atoms with Crippen LogP contribution in [0.1, 0.15) is 35.0 Å². The van der Waals surface area contributed by atoms with Crippen molar-refractivity contribution < 1.29 is 4.79 Å². The normalized spacial score (nSPS) is 10.2. The highest BCUT2D eigenvalue weighted by Gasteiger charge is 2.07. The number of rotatable bonds is 6. The fourth-order valence-corrected chi connectivity index (χ4v) is 1.81. The number of hydrogen-bond acceptors (Lipinski definition) is 4. The molecule has 1 amide bonds. The van der Waals surface area contributed by atoms with Crippen LogP contribution in [-0.2, 0) is 6.54 Å². The lowest BCUT2D eigenvalue weighted by molar-refractivity contribution is 0.0948. The van der Waals surface area contributed by atoms with Gasteiger partial charge in [0.1, 0.15) is 17.8 Å². The third-order valence-electron chi connectivity index (χ3n) is 3.03. The Hall–Kier alpha value is -2.43. The number of amides is 1. The summed E-state index contributed by atoms with van der Waals surface area (Å²) < 4.78 is 0. The molecule has 5 nitrogen and oxygen atoms in total. The van der Waals surface area contributed by atoms with Crippen molar-refractivity contribution in [2.75, 3.05) is 11.9 Å². The van der Waals surface area contributed by atoms with E-state index in [0.717, 1.165) is 12.0 Å². The summed E-state index contributed by atoms with van der Waals surface area (Å²) in [6, 6.07) is 9.94. The summed E-state index contributed by atoms with van der Waals surface area (Å²) in [4.78, 5) is 20.0. The Balaban J connectivity index is 1.97. The van der Waals surface area contributed by atoms with Gasteiger partial charge >= 0.3 is 0 Å². The van der Waals surface area contributed by atoms with Gasteiger partial charge in [-0.05, 0) is 18.9 Å². The van der Waals surface area contributed by atoms with Crippen molar-refractivity contribution >= 4 is 11.7 Å². The van der Waals surface area contributed by atoms with Crippen molar-refractivity contribution in [2.45, 2.75) is 26.8 Å². The van der Waals surface area contributed by atoms with E-state index in [2.05, 4.69) is 51.8 Å². The first-order valence-electron chi connectivity index (χ1n) is 7.08. The predicted octanol–water partition coefficient (Wildman–Crippen LogP) is 2.54. The largest absolute Gasteiger partial charge is 0.366 e. The van der Waals surface area contributed by atoms with Crippen molar-refractivity contribution in [2.24, 2.45) is 0 Å². The predicted molar refractivity (Wildman–Crippen MR) is 83.2 cm³/mol. The van der Waals surface area contributed by atoms with Crippen LogP contribution in [0.4, 0.5) is 5.82 Å². The highest BCUT2D eigenvalue weighted by Crippen LogP contribution is 2.08. The molecule has 2 aromatic rings. The van der Waals surface area contributed by atoms with Gasteiger partial charge in [0.25, 0.3) is 5.91 Å². The molecule has 1 aromatic carbocycles. The zero-order valence-corrected chi connectivity index (χ0v) is 12.4. The number of nitrogens with zero attached hydrogens (tertiary/aromatic N) is 2. The van der Waals surface area contributed by atoms with E-state index < -0.39 is 0 Å². The van der Waals surface area contributed by atoms with Gasteiger partial charge in [-0.25, -0.2) is 9.97 Å². The number of aryl methyl sites for hydroxylation is 1. The van der Waals surface area contributed by atoms with Gasteiger partial charge in [0, 0.05) is 19.2 Å². The fraction of sp³-hybridized carbons (Fsp3) is 0.312. The van der Waals surface area contributed by atoms with Crippen LogP contribution in [0.5, 0.6) is 0 Å². The lowest BCUT2D eigenvalue weighted by Crippen LogP contribution is -2.25. The SMILES string of the molecule is CCCNC(=O)c1cc(NCc2ccc(C)cc2)ncn1. The minimum atomic E-state index is -0.169. The van der Waals surface area contributed by atoms with E-state index in [1.54, 1.807) is 6.07 Å². The molecule has 0 fully saturated rings. The van der Waals surface area contributed by atoms with Crippen molar-refractivity contribution in [3.63, 3.8) is 0 Å². The summed E-state index contributed by atoms with van der Waals surface area (Å²) in [5, 5.41) is 6.00. The number of nitrogens with one attached hydrogen (secondary N) is 2. The fourth-order valence-electron chi connectivity index (χ4n) is 1.81. The summed E-state index contributed by atoms with van der Waals surface area (Å²) >= 11 is 0. The van der Waals surface area contributed by atoms with Crippen molar-refractivity contribution in [1.82, 2.24) is 15.3 Å². The molecule has 0 spiro atoms. The number of carbonyl (C=O) groups excluding carboxylic acids is 1. The molecule has 1 aromatic heterocycles. The van der Waals surface area contributed by atoms with Crippen molar-refractivity contribution in [3.8, 4) is 0 Å². The first-order chi connectivity index (χ1) is 10.2. The highest BCUT2D eigenvalue weighted by molar-refractivity contribution is 5.92. The molecule has 2 rings (SSSR count). The van der Waals surface area contributed by atoms with E-state index in [1.807, 2.05) is 6.92 Å². The lowest BCUT2D eigenvalue weighted by Gasteiger charge is -2.07. The third kappa shape index (κ3) is 4.56. The van der Waals surface area contributed by atoms with Gasteiger partial charge in [0.15, 0.2) is 0 Å². The van der Waals surface area contributed by atoms with Crippen LogP contribution in [0, 0.1) is 6.92 Å². The van der Waals surface area contributed by atoms with E-state index in [0.29, 0.717) is 24.6 Å². The second kappa shape index (κ2) is 7.38. The summed E-state index contributed by atoms with van der Waals surface area (Å²) in [5.74, 6) is 0.477. The molecule has 0 saturated carbocycles. The van der Waals surface area contributed by atoms with Crippen LogP contribution in [0.2, 0.25) is 0 Å². The molecule has 0 bridgehead atoms. The van der Waals surface area contributed by atoms with Gasteiger partial charge in [-0.15, -0.1) is 0 Å². The van der Waals surface area contributed by atoms with Crippen molar-refractivity contribution in [1.29, 1.82) is 0 Å². The Bertz CT molecular complexity index is 595. The molecule has 0 aliphatic carbocycles. The Labute approximate surface area is 124 Å². The molecule has 0 aliphatic heterocycles. The highest BCUT2D eigenvalue weighted by atomic mass is 16.1. The van der Waals surface area contributed by atoms with Gasteiger partial charge in [-0.1, -0.05) is 36.8 Å². The van der Waals surface area contributed by atoms with E-state index in [4.69, 9.17) is 0 Å². The Kier molecular flexibility index (Phi) is 5.26. The maximum atomic E-state index is 11.8. The number of hydrogen-bond donors (Lipinski definition) is 2. The second-order valence-electron chi connectivity index (χ2n) is 4.88. The third-order valence-corrected chi connectivity index (χ3v) is 3.03. The Morgan fingerprint density at radius 1 is 1.19 bits per heavy atom. The first-order valence-corrected chi connectivity index (χ1v) is 7.08. The van der Waals surface area contributed by atoms with Crippen LogP contribution in [0.25, 0.3) is 0 Å². The minimum Gasteiger partial charge on any atom is -0.366 e. The maximum Gasteiger partial charge on any atom is 0.270 e. The molecule has 2 N–H and O–H groups in total. The molecule has 0 saturated heterocycles. The van der Waals surface area contributed by atoms with Gasteiger partial charge in [-0.3, -0.25) is 4.79 Å². The lowest BCUT2D eigenvalue weighted by atomic mass is 10.1. The van der Waals surface area contributed by atoms with Gasteiger partial charge in [0.05, 0.1) is 0 Å². The Morgan fingerprint density at radius 2 is 1.95 bits per heavy atom. The van der Waals surface area contributed by atoms with Crippen LogP contribution in [0.15, 0.2) is 36.7 Å². The monoisotopic (exact) mass is 284 g/mol. The number of anilines is 1. The number of benzene rings is 1. The number of carbonyl (C=O) groups is 1. The smallest absolute Gasteiger partial charge is 0.270 e. The van der Waals surface area contributed by atoms with Crippen LogP contribution < -0.4 is 10.6 Å². The molecular weight excluding hydrogens is 264 g/mol. The average molecular weight is 284 g/mol. The topological polar surface area (TPSA) is 66.9 Å². The quantitative estimate of drug-likeness (QED) is 0.855. The first kappa shape index (κ1) is 15.0. The standard InChI is InChI=1S/C16H20N4O/c1-3-8-17-16(21)14-9-15(20-11-19-14)18-10-13-6-4-12(2)5-7-13/h4-7,9,11H,3,8,10H2,1-2H3,(H,17,21)(H,18,19,20). The van der Waals surface area contributed by atoms with Crippen LogP contribution >= 0.6 is 0 Å². The van der Waals surface area contributed by atoms with E-state index in [1.165, 1.54) is 11.9 Å². The molecule has 0 unspecified atom stereocenters. The van der Waals surface area contributed by atoms with Gasteiger partial charge in [0.2, 0.25) is 0 Å².